The van der Waals surface area contributed by atoms with Gasteiger partial charge in [0, 0.05) is 50.8 Å². The zero-order valence-corrected chi connectivity index (χ0v) is 21.4. The van der Waals surface area contributed by atoms with Gasteiger partial charge >= 0.3 is 0 Å². The van der Waals surface area contributed by atoms with E-state index in [0.717, 1.165) is 0 Å². The number of rotatable bonds is 7. The van der Waals surface area contributed by atoms with Crippen LogP contribution < -0.4 is 10.6 Å². The Morgan fingerprint density at radius 3 is 2.62 bits per heavy atom. The molecule has 0 unspecified atom stereocenters. The fraction of sp³-hybridized carbons (Fsp3) is 0.520. The van der Waals surface area contributed by atoms with Gasteiger partial charge in [-0.05, 0) is 31.5 Å². The lowest BCUT2D eigenvalue weighted by molar-refractivity contribution is -0.131. The van der Waals surface area contributed by atoms with E-state index in [4.69, 9.17) is 0 Å². The van der Waals surface area contributed by atoms with Crippen molar-refractivity contribution in [3.63, 3.8) is 0 Å². The average molecular weight is 550 g/mol. The molecule has 2 fully saturated rings. The second kappa shape index (κ2) is 9.57. The summed E-state index contributed by atoms with van der Waals surface area (Å²) in [5.41, 5.74) is 2.72. The molecule has 4 aromatic rings. The van der Waals surface area contributed by atoms with Crippen LogP contribution in [0.1, 0.15) is 25.1 Å². The molecule has 9 nitrogen and oxygen atoms in total. The number of hydrogen-bond donors (Lipinski definition) is 2. The van der Waals surface area contributed by atoms with Crippen LogP contribution in [0.5, 0.6) is 0 Å². The van der Waals surface area contributed by atoms with E-state index < -0.39 is 31.1 Å². The van der Waals surface area contributed by atoms with E-state index in [2.05, 4.69) is 30.7 Å². The van der Waals surface area contributed by atoms with Crippen LogP contribution in [0.25, 0.3) is 27.9 Å². The van der Waals surface area contributed by atoms with E-state index in [1.807, 2.05) is 0 Å². The lowest BCUT2D eigenvalue weighted by Crippen LogP contribution is -2.57. The van der Waals surface area contributed by atoms with Gasteiger partial charge in [0.05, 0.1) is 18.3 Å². The van der Waals surface area contributed by atoms with Crippen LogP contribution in [0.15, 0.2) is 24.4 Å². The van der Waals surface area contributed by atoms with Gasteiger partial charge in [-0.15, -0.1) is 5.10 Å². The molecule has 4 aromatic heterocycles. The monoisotopic (exact) mass is 549 g/mol. The van der Waals surface area contributed by atoms with Crippen LogP contribution in [-0.2, 0) is 6.54 Å². The number of fused-ring (bicyclic) bond motifs is 2. The molecule has 6 rings (SSSR count). The van der Waals surface area contributed by atoms with Crippen molar-refractivity contribution in [2.45, 2.75) is 63.3 Å². The van der Waals surface area contributed by atoms with Crippen molar-refractivity contribution >= 4 is 28.4 Å². The Labute approximate surface area is 220 Å². The number of pyridine rings is 1. The minimum atomic E-state index is -2.64. The van der Waals surface area contributed by atoms with Gasteiger partial charge < -0.3 is 15.2 Å². The summed E-state index contributed by atoms with van der Waals surface area (Å²) in [7, 11) is 1.70. The second-order valence-corrected chi connectivity index (χ2v) is 10.2. The first-order chi connectivity index (χ1) is 18.6. The number of piperidine rings is 1. The molecular weight excluding hydrogens is 521 g/mol. The number of halogens is 5. The first-order valence-electron chi connectivity index (χ1n) is 12.8. The maximum Gasteiger partial charge on any atom is 0.256 e. The predicted molar refractivity (Wildman–Crippen MR) is 136 cm³/mol. The Hall–Kier alpha value is -3.55. The highest BCUT2D eigenvalue weighted by Crippen LogP contribution is 2.41. The second-order valence-electron chi connectivity index (χ2n) is 10.2. The standard InChI is InChI=1S/C25H28F5N9/c1-13-32-19-4-3-17(33-23(19)38(13)12-20(27)28)15-5-8-39-21(15)22(31-2)35-24(36-39)34-18-6-7-37(11-16(18)26)14-9-25(29,30)10-14/h3-5,8,14,16,18,20H,6-7,9-12H2,1-2H3,(H2,31,34,35,36)/t16-,18+/m1/s1. The molecule has 0 aromatic carbocycles. The van der Waals surface area contributed by atoms with Crippen molar-refractivity contribution in [2.75, 3.05) is 30.8 Å². The van der Waals surface area contributed by atoms with Crippen LogP contribution in [-0.4, -0.2) is 84.8 Å². The highest BCUT2D eigenvalue weighted by molar-refractivity contribution is 5.89. The SMILES string of the molecule is CNc1nc(N[C@H]2CCN(C3CC(F)(F)C3)C[C@H]2F)nn2ccc(-c3ccc4nc(C)n(CC(F)F)c4n3)c12. The van der Waals surface area contributed by atoms with Crippen LogP contribution in [0.4, 0.5) is 33.7 Å². The summed E-state index contributed by atoms with van der Waals surface area (Å²) in [4.78, 5) is 15.3. The summed E-state index contributed by atoms with van der Waals surface area (Å²) in [5, 5.41) is 10.6. The topological polar surface area (TPSA) is 88.2 Å². The summed E-state index contributed by atoms with van der Waals surface area (Å²) in [5.74, 6) is -1.49. The van der Waals surface area contributed by atoms with Gasteiger partial charge in [-0.3, -0.25) is 4.90 Å². The third-order valence-corrected chi connectivity index (χ3v) is 7.60. The molecule has 2 atom stereocenters. The fourth-order valence-corrected chi connectivity index (χ4v) is 5.56. The normalized spacial score (nSPS) is 22.1. The number of anilines is 2. The summed E-state index contributed by atoms with van der Waals surface area (Å²) in [6.07, 6.45) is -2.08. The lowest BCUT2D eigenvalue weighted by Gasteiger charge is -2.46. The highest BCUT2D eigenvalue weighted by Gasteiger charge is 2.49. The number of likely N-dealkylation sites (tertiary alicyclic amines) is 1. The number of alkyl halides is 5. The number of nitrogens with zero attached hydrogens (tertiary/aromatic N) is 7. The van der Waals surface area contributed by atoms with Crippen LogP contribution >= 0.6 is 0 Å². The molecule has 0 spiro atoms. The van der Waals surface area contributed by atoms with Crippen molar-refractivity contribution in [3.05, 3.63) is 30.2 Å². The molecule has 1 aliphatic heterocycles. The van der Waals surface area contributed by atoms with Crippen molar-refractivity contribution in [3.8, 4) is 11.3 Å². The minimum absolute atomic E-state index is 0.0863. The van der Waals surface area contributed by atoms with Gasteiger partial charge in [0.1, 0.15) is 23.0 Å². The minimum Gasteiger partial charge on any atom is -0.371 e. The first-order valence-corrected chi connectivity index (χ1v) is 12.8. The van der Waals surface area contributed by atoms with Crippen molar-refractivity contribution < 1.29 is 22.0 Å². The molecule has 39 heavy (non-hydrogen) atoms. The molecule has 1 saturated carbocycles. The molecular formula is C25H28F5N9. The van der Waals surface area contributed by atoms with Crippen molar-refractivity contribution in [1.29, 1.82) is 0 Å². The third kappa shape index (κ3) is 4.74. The average Bonchev–Trinajstić information content (AvgIpc) is 3.43. The van der Waals surface area contributed by atoms with E-state index in [1.165, 1.54) is 4.57 Å². The molecule has 0 radical (unpaired) electrons. The number of nitrogens with one attached hydrogen (secondary N) is 2. The summed E-state index contributed by atoms with van der Waals surface area (Å²) < 4.78 is 70.8. The molecule has 0 bridgehead atoms. The van der Waals surface area contributed by atoms with Crippen molar-refractivity contribution in [2.24, 2.45) is 0 Å². The summed E-state index contributed by atoms with van der Waals surface area (Å²) in [6, 6.07) is 4.48. The van der Waals surface area contributed by atoms with Gasteiger partial charge in [-0.1, -0.05) is 0 Å². The third-order valence-electron chi connectivity index (χ3n) is 7.60. The van der Waals surface area contributed by atoms with Gasteiger partial charge in [0.25, 0.3) is 12.3 Å². The number of imidazole rings is 1. The van der Waals surface area contributed by atoms with E-state index in [0.29, 0.717) is 52.5 Å². The largest absolute Gasteiger partial charge is 0.371 e. The van der Waals surface area contributed by atoms with Gasteiger partial charge in [-0.2, -0.15) is 4.98 Å². The summed E-state index contributed by atoms with van der Waals surface area (Å²) in [6.45, 7) is 1.76. The molecule has 1 aliphatic carbocycles. The van der Waals surface area contributed by atoms with Crippen LogP contribution in [0.3, 0.4) is 0 Å². The number of aromatic nitrogens is 6. The smallest absolute Gasteiger partial charge is 0.256 e. The maximum atomic E-state index is 15.0. The molecule has 208 valence electrons. The van der Waals surface area contributed by atoms with E-state index in [-0.39, 0.29) is 31.4 Å². The number of aryl methyl sites for hydroxylation is 1. The van der Waals surface area contributed by atoms with Gasteiger partial charge in [-0.25, -0.2) is 36.4 Å². The Morgan fingerprint density at radius 1 is 1.13 bits per heavy atom. The maximum absolute atomic E-state index is 15.0. The van der Waals surface area contributed by atoms with Gasteiger partial charge in [0.15, 0.2) is 11.5 Å². The molecule has 14 heteroatoms. The molecule has 5 heterocycles. The van der Waals surface area contributed by atoms with E-state index >= 15 is 4.39 Å². The Kier molecular flexibility index (Phi) is 6.31. The quantitative estimate of drug-likeness (QED) is 0.331. The number of hydrogen-bond acceptors (Lipinski definition) is 7. The molecule has 1 saturated heterocycles. The summed E-state index contributed by atoms with van der Waals surface area (Å²) >= 11 is 0. The Bertz CT molecular complexity index is 1510. The first kappa shape index (κ1) is 25.7. The highest BCUT2D eigenvalue weighted by atomic mass is 19.3. The van der Waals surface area contributed by atoms with E-state index in [9.17, 15) is 17.6 Å². The Morgan fingerprint density at radius 2 is 1.92 bits per heavy atom. The molecule has 2 aliphatic rings. The van der Waals surface area contributed by atoms with Crippen LogP contribution in [0.2, 0.25) is 0 Å². The predicted octanol–water partition coefficient (Wildman–Crippen LogP) is 4.38. The molecule has 2 N–H and O–H groups in total. The Balaban J connectivity index is 1.25. The van der Waals surface area contributed by atoms with Crippen molar-refractivity contribution in [1.82, 2.24) is 34.0 Å². The van der Waals surface area contributed by atoms with E-state index in [1.54, 1.807) is 47.8 Å². The zero-order chi connectivity index (χ0) is 27.5. The zero-order valence-electron chi connectivity index (χ0n) is 21.4. The lowest BCUT2D eigenvalue weighted by atomic mass is 9.85. The van der Waals surface area contributed by atoms with Gasteiger partial charge in [0.2, 0.25) is 5.95 Å². The molecule has 0 amide bonds. The van der Waals surface area contributed by atoms with Crippen LogP contribution in [0, 0.1) is 6.92 Å². The fourth-order valence-electron chi connectivity index (χ4n) is 5.56.